The predicted molar refractivity (Wildman–Crippen MR) is 60.9 cm³/mol. The summed E-state index contributed by atoms with van der Waals surface area (Å²) >= 11 is 0. The van der Waals surface area contributed by atoms with Gasteiger partial charge < -0.3 is 4.42 Å². The van der Waals surface area contributed by atoms with Crippen LogP contribution in [0.2, 0.25) is 0 Å². The highest BCUT2D eigenvalue weighted by atomic mass is 16.3. The first-order valence-electron chi connectivity index (χ1n) is 5.57. The molecule has 0 aliphatic carbocycles. The van der Waals surface area contributed by atoms with Gasteiger partial charge in [0.25, 0.3) is 0 Å². The van der Waals surface area contributed by atoms with Gasteiger partial charge in [0.15, 0.2) is 5.89 Å². The van der Waals surface area contributed by atoms with Gasteiger partial charge in [0.2, 0.25) is 0 Å². The standard InChI is InChI=1S/C12H15N3O/c1-3-9(4-2)12-15-11(8-16-12)10-7-13-5-6-14-10/h5-9H,3-4H2,1-2H3. The van der Waals surface area contributed by atoms with Crippen molar-refractivity contribution in [1.29, 1.82) is 0 Å². The number of hydrogen-bond acceptors (Lipinski definition) is 4. The molecule has 0 unspecified atom stereocenters. The third-order valence-corrected chi connectivity index (χ3v) is 2.68. The fourth-order valence-electron chi connectivity index (χ4n) is 1.66. The van der Waals surface area contributed by atoms with Crippen molar-refractivity contribution in [2.45, 2.75) is 32.6 Å². The molecule has 0 N–H and O–H groups in total. The lowest BCUT2D eigenvalue weighted by Crippen LogP contribution is -1.95. The van der Waals surface area contributed by atoms with Crippen molar-refractivity contribution in [2.75, 3.05) is 0 Å². The molecule has 0 radical (unpaired) electrons. The van der Waals surface area contributed by atoms with Crippen LogP contribution in [0.4, 0.5) is 0 Å². The summed E-state index contributed by atoms with van der Waals surface area (Å²) in [4.78, 5) is 12.7. The molecule has 0 amide bonds. The Kier molecular flexibility index (Phi) is 3.29. The monoisotopic (exact) mass is 217 g/mol. The molecule has 0 fully saturated rings. The van der Waals surface area contributed by atoms with Gasteiger partial charge in [-0.05, 0) is 12.8 Å². The zero-order chi connectivity index (χ0) is 11.4. The molecule has 16 heavy (non-hydrogen) atoms. The van der Waals surface area contributed by atoms with E-state index in [0.29, 0.717) is 5.92 Å². The van der Waals surface area contributed by atoms with E-state index in [1.165, 1.54) is 0 Å². The average molecular weight is 217 g/mol. The summed E-state index contributed by atoms with van der Waals surface area (Å²) in [5, 5.41) is 0. The van der Waals surface area contributed by atoms with Gasteiger partial charge in [-0.25, -0.2) is 4.98 Å². The molecule has 0 atom stereocenters. The second kappa shape index (κ2) is 4.88. The number of oxazole rings is 1. The molecule has 0 saturated heterocycles. The highest BCUT2D eigenvalue weighted by Gasteiger charge is 2.14. The Balaban J connectivity index is 2.26. The SMILES string of the molecule is CCC(CC)c1nc(-c2cnccn2)co1. The summed E-state index contributed by atoms with van der Waals surface area (Å²) in [6, 6.07) is 0. The molecule has 2 aromatic rings. The number of aromatic nitrogens is 3. The van der Waals surface area contributed by atoms with Crippen molar-refractivity contribution in [3.05, 3.63) is 30.7 Å². The third-order valence-electron chi connectivity index (χ3n) is 2.68. The maximum Gasteiger partial charge on any atom is 0.197 e. The molecule has 2 aromatic heterocycles. The van der Waals surface area contributed by atoms with E-state index in [1.807, 2.05) is 0 Å². The van der Waals surface area contributed by atoms with Gasteiger partial charge in [0.05, 0.1) is 6.20 Å². The molecule has 2 heterocycles. The van der Waals surface area contributed by atoms with Crippen molar-refractivity contribution in [1.82, 2.24) is 15.0 Å². The number of rotatable bonds is 4. The topological polar surface area (TPSA) is 51.8 Å². The minimum Gasteiger partial charge on any atom is -0.448 e. The Morgan fingerprint density at radius 1 is 1.19 bits per heavy atom. The lowest BCUT2D eigenvalue weighted by molar-refractivity contribution is 0.431. The molecule has 0 bridgehead atoms. The fourth-order valence-corrected chi connectivity index (χ4v) is 1.66. The van der Waals surface area contributed by atoms with Gasteiger partial charge in [0.1, 0.15) is 17.7 Å². The lowest BCUT2D eigenvalue weighted by Gasteiger charge is -2.05. The van der Waals surface area contributed by atoms with E-state index in [4.69, 9.17) is 4.42 Å². The van der Waals surface area contributed by atoms with Crippen LogP contribution in [0.3, 0.4) is 0 Å². The van der Waals surface area contributed by atoms with Crippen LogP contribution in [-0.4, -0.2) is 15.0 Å². The quantitative estimate of drug-likeness (QED) is 0.789. The van der Waals surface area contributed by atoms with Crippen molar-refractivity contribution >= 4 is 0 Å². The van der Waals surface area contributed by atoms with Gasteiger partial charge in [0, 0.05) is 18.3 Å². The highest BCUT2D eigenvalue weighted by Crippen LogP contribution is 2.24. The highest BCUT2D eigenvalue weighted by molar-refractivity contribution is 5.50. The van der Waals surface area contributed by atoms with Gasteiger partial charge in [-0.3, -0.25) is 9.97 Å². The third kappa shape index (κ3) is 2.10. The van der Waals surface area contributed by atoms with Crippen molar-refractivity contribution in [2.24, 2.45) is 0 Å². The molecule has 84 valence electrons. The Labute approximate surface area is 94.8 Å². The van der Waals surface area contributed by atoms with Crippen LogP contribution in [0.5, 0.6) is 0 Å². The first-order chi connectivity index (χ1) is 7.85. The summed E-state index contributed by atoms with van der Waals surface area (Å²) in [7, 11) is 0. The Hall–Kier alpha value is -1.71. The van der Waals surface area contributed by atoms with Crippen molar-refractivity contribution in [3.8, 4) is 11.4 Å². The fraction of sp³-hybridized carbons (Fsp3) is 0.417. The van der Waals surface area contributed by atoms with E-state index in [2.05, 4.69) is 28.8 Å². The largest absolute Gasteiger partial charge is 0.448 e. The first kappa shape index (κ1) is 10.8. The van der Waals surface area contributed by atoms with Crippen LogP contribution in [0.1, 0.15) is 38.5 Å². The van der Waals surface area contributed by atoms with Crippen LogP contribution in [0.15, 0.2) is 29.3 Å². The molecule has 2 rings (SSSR count). The smallest absolute Gasteiger partial charge is 0.197 e. The summed E-state index contributed by atoms with van der Waals surface area (Å²) in [5.41, 5.74) is 1.51. The van der Waals surface area contributed by atoms with E-state index in [9.17, 15) is 0 Å². The van der Waals surface area contributed by atoms with Gasteiger partial charge in [-0.2, -0.15) is 0 Å². The zero-order valence-corrected chi connectivity index (χ0v) is 9.55. The molecule has 0 spiro atoms. The van der Waals surface area contributed by atoms with E-state index < -0.39 is 0 Å². The van der Waals surface area contributed by atoms with Crippen LogP contribution in [0, 0.1) is 0 Å². The Morgan fingerprint density at radius 3 is 2.62 bits per heavy atom. The summed E-state index contributed by atoms with van der Waals surface area (Å²) in [5.74, 6) is 1.19. The van der Waals surface area contributed by atoms with Crippen molar-refractivity contribution in [3.63, 3.8) is 0 Å². The molecular formula is C12H15N3O. The number of nitrogens with zero attached hydrogens (tertiary/aromatic N) is 3. The lowest BCUT2D eigenvalue weighted by atomic mass is 10.0. The summed E-state index contributed by atoms with van der Waals surface area (Å²) < 4.78 is 5.48. The zero-order valence-electron chi connectivity index (χ0n) is 9.55. The maximum atomic E-state index is 5.48. The average Bonchev–Trinajstić information content (AvgIpc) is 2.81. The van der Waals surface area contributed by atoms with Crippen LogP contribution < -0.4 is 0 Å². The molecule has 0 saturated carbocycles. The second-order valence-electron chi connectivity index (χ2n) is 3.68. The number of hydrogen-bond donors (Lipinski definition) is 0. The normalized spacial score (nSPS) is 10.9. The minimum absolute atomic E-state index is 0.394. The van der Waals surface area contributed by atoms with E-state index in [-0.39, 0.29) is 0 Å². The molecule has 4 nitrogen and oxygen atoms in total. The van der Waals surface area contributed by atoms with Gasteiger partial charge in [-0.1, -0.05) is 13.8 Å². The minimum atomic E-state index is 0.394. The summed E-state index contributed by atoms with van der Waals surface area (Å²) in [6.45, 7) is 4.28. The van der Waals surface area contributed by atoms with Gasteiger partial charge in [-0.15, -0.1) is 0 Å². The molecule has 4 heteroatoms. The Morgan fingerprint density at radius 2 is 2.00 bits per heavy atom. The Bertz CT molecular complexity index is 435. The van der Waals surface area contributed by atoms with E-state index in [0.717, 1.165) is 30.1 Å². The molecule has 0 aromatic carbocycles. The van der Waals surface area contributed by atoms with Crippen LogP contribution >= 0.6 is 0 Å². The van der Waals surface area contributed by atoms with Crippen LogP contribution in [0.25, 0.3) is 11.4 Å². The van der Waals surface area contributed by atoms with Crippen LogP contribution in [-0.2, 0) is 0 Å². The maximum absolute atomic E-state index is 5.48. The van der Waals surface area contributed by atoms with E-state index in [1.54, 1.807) is 24.9 Å². The van der Waals surface area contributed by atoms with E-state index >= 15 is 0 Å². The molecule has 0 aliphatic rings. The van der Waals surface area contributed by atoms with Gasteiger partial charge >= 0.3 is 0 Å². The predicted octanol–water partition coefficient (Wildman–Crippen LogP) is 3.04. The second-order valence-corrected chi connectivity index (χ2v) is 3.68. The molecular weight excluding hydrogens is 202 g/mol. The van der Waals surface area contributed by atoms with Crippen molar-refractivity contribution < 1.29 is 4.42 Å². The molecule has 0 aliphatic heterocycles. The summed E-state index contributed by atoms with van der Waals surface area (Å²) in [6.07, 6.45) is 8.71. The first-order valence-corrected chi connectivity index (χ1v) is 5.57.